The highest BCUT2D eigenvalue weighted by Crippen LogP contribution is 2.22. The van der Waals surface area contributed by atoms with Gasteiger partial charge < -0.3 is 4.98 Å². The summed E-state index contributed by atoms with van der Waals surface area (Å²) in [5, 5.41) is 0.133. The van der Waals surface area contributed by atoms with Crippen molar-refractivity contribution in [3.8, 4) is 0 Å². The number of thioether (sulfide) groups is 1. The largest absolute Gasteiger partial charge is 0.335 e. The van der Waals surface area contributed by atoms with Crippen LogP contribution in [0.3, 0.4) is 0 Å². The van der Waals surface area contributed by atoms with Crippen LogP contribution in [0.2, 0.25) is 0 Å². The highest BCUT2D eigenvalue weighted by molar-refractivity contribution is 7.99. The van der Waals surface area contributed by atoms with Crippen LogP contribution >= 0.6 is 11.8 Å². The third kappa shape index (κ3) is 2.73. The number of aromatic nitrogens is 2. The van der Waals surface area contributed by atoms with E-state index in [0.29, 0.717) is 12.5 Å². The Morgan fingerprint density at radius 3 is 3.13 bits per heavy atom. The zero-order valence-corrected chi connectivity index (χ0v) is 9.77. The molecule has 0 aliphatic carbocycles. The van der Waals surface area contributed by atoms with E-state index in [1.165, 1.54) is 12.5 Å². The number of nitrogens with one attached hydrogen (secondary N) is 2. The molecule has 0 bridgehead atoms. The standard InChI is InChI=1S/C8H13N3O2S2/c12-15(13,8-4-9-6-10-8)11-3-7-1-2-14-5-7/h4,6-7,11H,1-3,5H2,(H,9,10). The molecule has 1 aliphatic rings. The van der Waals surface area contributed by atoms with Crippen LogP contribution in [0.1, 0.15) is 6.42 Å². The Balaban J connectivity index is 1.93. The summed E-state index contributed by atoms with van der Waals surface area (Å²) in [5.74, 6) is 2.65. The van der Waals surface area contributed by atoms with Gasteiger partial charge in [-0.1, -0.05) is 0 Å². The number of hydrogen-bond donors (Lipinski definition) is 2. The number of H-pyrrole nitrogens is 1. The second-order valence-electron chi connectivity index (χ2n) is 3.50. The maximum atomic E-state index is 11.7. The van der Waals surface area contributed by atoms with Crippen LogP contribution in [0.15, 0.2) is 17.6 Å². The Labute approximate surface area is 93.1 Å². The predicted molar refractivity (Wildman–Crippen MR) is 59.2 cm³/mol. The SMILES string of the molecule is O=S(=O)(NCC1CCSC1)c1cnc[nH]1. The summed E-state index contributed by atoms with van der Waals surface area (Å²) in [6.45, 7) is 0.522. The number of sulfonamides is 1. The summed E-state index contributed by atoms with van der Waals surface area (Å²) in [5.41, 5.74) is 0. The van der Waals surface area contributed by atoms with Crippen LogP contribution < -0.4 is 4.72 Å². The average molecular weight is 247 g/mol. The molecule has 84 valence electrons. The lowest BCUT2D eigenvalue weighted by molar-refractivity contribution is 0.544. The number of nitrogens with zero attached hydrogens (tertiary/aromatic N) is 1. The van der Waals surface area contributed by atoms with Crippen molar-refractivity contribution in [1.82, 2.24) is 14.7 Å². The Kier molecular flexibility index (Phi) is 3.32. The quantitative estimate of drug-likeness (QED) is 0.809. The third-order valence-electron chi connectivity index (χ3n) is 2.35. The molecule has 5 nitrogen and oxygen atoms in total. The molecule has 15 heavy (non-hydrogen) atoms. The van der Waals surface area contributed by atoms with E-state index in [-0.39, 0.29) is 5.03 Å². The number of aromatic amines is 1. The maximum Gasteiger partial charge on any atom is 0.257 e. The molecule has 2 rings (SSSR count). The first-order chi connectivity index (χ1) is 7.18. The fourth-order valence-corrected chi connectivity index (χ4v) is 3.74. The predicted octanol–water partition coefficient (Wildman–Crippen LogP) is 0.441. The summed E-state index contributed by atoms with van der Waals surface area (Å²) in [6.07, 6.45) is 3.77. The van der Waals surface area contributed by atoms with Gasteiger partial charge in [0.25, 0.3) is 10.0 Å². The van der Waals surface area contributed by atoms with E-state index in [4.69, 9.17) is 0 Å². The van der Waals surface area contributed by atoms with Crippen LogP contribution in [0, 0.1) is 5.92 Å². The first kappa shape index (κ1) is 11.0. The Morgan fingerprint density at radius 1 is 1.67 bits per heavy atom. The van der Waals surface area contributed by atoms with Crippen LogP contribution in [0.4, 0.5) is 0 Å². The highest BCUT2D eigenvalue weighted by Gasteiger charge is 2.20. The minimum Gasteiger partial charge on any atom is -0.335 e. The minimum absolute atomic E-state index is 0.133. The summed E-state index contributed by atoms with van der Waals surface area (Å²) < 4.78 is 25.9. The van der Waals surface area contributed by atoms with Gasteiger partial charge >= 0.3 is 0 Å². The van der Waals surface area contributed by atoms with Crippen molar-refractivity contribution in [3.05, 3.63) is 12.5 Å². The van der Waals surface area contributed by atoms with E-state index >= 15 is 0 Å². The number of imidazole rings is 1. The van der Waals surface area contributed by atoms with Gasteiger partial charge in [0, 0.05) is 6.54 Å². The van der Waals surface area contributed by atoms with Gasteiger partial charge in [0.2, 0.25) is 0 Å². The first-order valence-corrected chi connectivity index (χ1v) is 7.38. The van der Waals surface area contributed by atoms with Gasteiger partial charge in [0.15, 0.2) is 5.03 Å². The lowest BCUT2D eigenvalue weighted by Gasteiger charge is -2.09. The minimum atomic E-state index is -3.38. The smallest absolute Gasteiger partial charge is 0.257 e. The molecule has 1 atom stereocenters. The van der Waals surface area contributed by atoms with Gasteiger partial charge in [-0.15, -0.1) is 0 Å². The summed E-state index contributed by atoms with van der Waals surface area (Å²) in [4.78, 5) is 6.28. The lowest BCUT2D eigenvalue weighted by Crippen LogP contribution is -2.29. The Morgan fingerprint density at radius 2 is 2.53 bits per heavy atom. The molecule has 1 saturated heterocycles. The number of rotatable bonds is 4. The Bertz CT molecular complexity index is 396. The highest BCUT2D eigenvalue weighted by atomic mass is 32.2. The lowest BCUT2D eigenvalue weighted by atomic mass is 10.1. The summed E-state index contributed by atoms with van der Waals surface area (Å²) >= 11 is 1.88. The first-order valence-electron chi connectivity index (χ1n) is 4.74. The molecule has 2 N–H and O–H groups in total. The van der Waals surface area contributed by atoms with Gasteiger partial charge in [-0.2, -0.15) is 11.8 Å². The molecular weight excluding hydrogens is 234 g/mol. The topological polar surface area (TPSA) is 74.8 Å². The van der Waals surface area contributed by atoms with Gasteiger partial charge in [-0.25, -0.2) is 18.1 Å². The molecule has 1 aromatic rings. The van der Waals surface area contributed by atoms with Crippen LogP contribution in [-0.2, 0) is 10.0 Å². The van der Waals surface area contributed by atoms with Crippen molar-refractivity contribution in [1.29, 1.82) is 0 Å². The van der Waals surface area contributed by atoms with Crippen molar-refractivity contribution >= 4 is 21.8 Å². The Hall–Kier alpha value is -0.530. The summed E-state index contributed by atoms with van der Waals surface area (Å²) in [6, 6.07) is 0. The molecule has 1 fully saturated rings. The van der Waals surface area contributed by atoms with Crippen molar-refractivity contribution in [2.45, 2.75) is 11.4 Å². The van der Waals surface area contributed by atoms with E-state index in [0.717, 1.165) is 17.9 Å². The van der Waals surface area contributed by atoms with Crippen LogP contribution in [0.25, 0.3) is 0 Å². The molecule has 1 aliphatic heterocycles. The van der Waals surface area contributed by atoms with Gasteiger partial charge in [0.05, 0.1) is 12.5 Å². The normalized spacial score (nSPS) is 22.0. The third-order valence-corrected chi connectivity index (χ3v) is 4.93. The summed E-state index contributed by atoms with van der Waals surface area (Å²) in [7, 11) is -3.38. The molecule has 0 amide bonds. The molecule has 1 aromatic heterocycles. The average Bonchev–Trinajstić information content (AvgIpc) is 2.88. The van der Waals surface area contributed by atoms with Gasteiger partial charge in [-0.3, -0.25) is 0 Å². The molecule has 0 saturated carbocycles. The van der Waals surface area contributed by atoms with Crippen LogP contribution in [-0.4, -0.2) is 36.4 Å². The van der Waals surface area contributed by atoms with Crippen molar-refractivity contribution in [2.75, 3.05) is 18.1 Å². The van der Waals surface area contributed by atoms with E-state index in [9.17, 15) is 8.42 Å². The number of hydrogen-bond acceptors (Lipinski definition) is 4. The van der Waals surface area contributed by atoms with Crippen molar-refractivity contribution < 1.29 is 8.42 Å². The fraction of sp³-hybridized carbons (Fsp3) is 0.625. The van der Waals surface area contributed by atoms with Gasteiger partial charge in [0.1, 0.15) is 0 Å². The van der Waals surface area contributed by atoms with E-state index in [1.807, 2.05) is 11.8 Å². The molecule has 0 spiro atoms. The van der Waals surface area contributed by atoms with Gasteiger partial charge in [-0.05, 0) is 23.8 Å². The fourth-order valence-electron chi connectivity index (χ4n) is 1.44. The molecule has 7 heteroatoms. The molecule has 0 aromatic carbocycles. The molecule has 2 heterocycles. The van der Waals surface area contributed by atoms with Crippen molar-refractivity contribution in [2.24, 2.45) is 5.92 Å². The zero-order valence-electron chi connectivity index (χ0n) is 8.14. The maximum absolute atomic E-state index is 11.7. The van der Waals surface area contributed by atoms with E-state index in [2.05, 4.69) is 14.7 Å². The van der Waals surface area contributed by atoms with E-state index in [1.54, 1.807) is 0 Å². The van der Waals surface area contributed by atoms with Crippen LogP contribution in [0.5, 0.6) is 0 Å². The second kappa shape index (κ2) is 4.54. The van der Waals surface area contributed by atoms with Crippen molar-refractivity contribution in [3.63, 3.8) is 0 Å². The van der Waals surface area contributed by atoms with E-state index < -0.39 is 10.0 Å². The monoisotopic (exact) mass is 247 g/mol. The zero-order chi connectivity index (χ0) is 10.7. The molecule has 0 radical (unpaired) electrons. The molecular formula is C8H13N3O2S2. The second-order valence-corrected chi connectivity index (χ2v) is 6.38. The molecule has 1 unspecified atom stereocenters.